The molecule has 11 heavy (non-hydrogen) atoms. The molecular weight excluding hydrogens is 213 g/mol. The molecule has 0 aliphatic heterocycles. The maximum Gasteiger partial charge on any atom is 1.00 e. The van der Waals surface area contributed by atoms with Gasteiger partial charge in [-0.15, -0.1) is 0 Å². The van der Waals surface area contributed by atoms with Gasteiger partial charge in [0.25, 0.3) is 0 Å². The van der Waals surface area contributed by atoms with E-state index in [0.717, 1.165) is 5.75 Å². The van der Waals surface area contributed by atoms with Crippen molar-refractivity contribution in [1.82, 2.24) is 0 Å². The van der Waals surface area contributed by atoms with Crippen molar-refractivity contribution < 1.29 is 73.7 Å². The van der Waals surface area contributed by atoms with Crippen molar-refractivity contribution in [2.45, 2.75) is 12.5 Å². The van der Waals surface area contributed by atoms with Crippen molar-refractivity contribution in [3.8, 4) is 0 Å². The molecule has 0 spiro atoms. The zero-order valence-corrected chi connectivity index (χ0v) is 11.4. The van der Waals surface area contributed by atoms with E-state index in [0.29, 0.717) is 6.42 Å². The van der Waals surface area contributed by atoms with Crippen LogP contribution in [-0.2, 0) is 4.79 Å². The van der Waals surface area contributed by atoms with Crippen molar-refractivity contribution in [2.24, 2.45) is 5.73 Å². The average Bonchev–Trinajstić information content (AvgIpc) is 1.82. The summed E-state index contributed by atoms with van der Waals surface area (Å²) >= 11 is 1.60. The Hall–Kier alpha value is 1.71. The molecule has 0 saturated heterocycles. The summed E-state index contributed by atoms with van der Waals surface area (Å²) in [5, 5.41) is 8.27. The average molecular weight is 224 g/mol. The van der Waals surface area contributed by atoms with Crippen LogP contribution in [0.1, 0.15) is 6.42 Å². The zero-order chi connectivity index (χ0) is 7.28. The predicted molar refractivity (Wildman–Crippen MR) is 38.6 cm³/mol. The van der Waals surface area contributed by atoms with Crippen molar-refractivity contribution in [3.05, 3.63) is 0 Å². The van der Waals surface area contributed by atoms with Crippen LogP contribution >= 0.6 is 11.8 Å². The summed E-state index contributed by atoms with van der Waals surface area (Å²) < 4.78 is 0. The van der Waals surface area contributed by atoms with Crippen LogP contribution in [0.5, 0.6) is 0 Å². The summed E-state index contributed by atoms with van der Waals surface area (Å²) in [6.07, 6.45) is 2.48. The van der Waals surface area contributed by atoms with E-state index in [9.17, 15) is 4.79 Å². The molecule has 0 radical (unpaired) electrons. The van der Waals surface area contributed by atoms with E-state index in [1.165, 1.54) is 0 Å². The van der Waals surface area contributed by atoms with Crippen molar-refractivity contribution >= 4 is 17.7 Å². The van der Waals surface area contributed by atoms with Crippen LogP contribution in [0.4, 0.5) is 0 Å². The van der Waals surface area contributed by atoms with Gasteiger partial charge in [-0.1, -0.05) is 0 Å². The molecule has 0 fully saturated rings. The number of rotatable bonds is 4. The topological polar surface area (TPSA) is 63.3 Å². The van der Waals surface area contributed by atoms with Crippen molar-refractivity contribution in [2.75, 3.05) is 12.0 Å². The molecular formula is C5H11ClKNO2S. The zero-order valence-electron chi connectivity index (χ0n) is 6.71. The van der Waals surface area contributed by atoms with Gasteiger partial charge in [0.1, 0.15) is 6.04 Å². The Labute approximate surface area is 120 Å². The predicted octanol–water partition coefficient (Wildman–Crippen LogP) is -5.84. The SMILES string of the molecule is CSCC[C@H](N)C(=O)O.[Cl-].[K+]. The molecule has 3 N–H and O–H groups in total. The van der Waals surface area contributed by atoms with Gasteiger partial charge in [-0.3, -0.25) is 4.79 Å². The molecule has 0 rings (SSSR count). The third-order valence-electron chi connectivity index (χ3n) is 0.950. The van der Waals surface area contributed by atoms with Crippen molar-refractivity contribution in [3.63, 3.8) is 0 Å². The normalized spacial score (nSPS) is 10.7. The fraction of sp³-hybridized carbons (Fsp3) is 0.800. The first kappa shape index (κ1) is 18.5. The largest absolute Gasteiger partial charge is 1.00 e. The number of carbonyl (C=O) groups is 1. The smallest absolute Gasteiger partial charge is 1.00 e. The third kappa shape index (κ3) is 11.7. The molecule has 0 aromatic rings. The minimum absolute atomic E-state index is 0. The second-order valence-electron chi connectivity index (χ2n) is 1.73. The van der Waals surface area contributed by atoms with Crippen LogP contribution in [0.2, 0.25) is 0 Å². The Balaban J connectivity index is -0.000000320. The fourth-order valence-electron chi connectivity index (χ4n) is 0.368. The van der Waals surface area contributed by atoms with Crippen LogP contribution in [0.25, 0.3) is 0 Å². The molecule has 0 aliphatic rings. The summed E-state index contributed by atoms with van der Waals surface area (Å²) in [5.41, 5.74) is 5.19. The summed E-state index contributed by atoms with van der Waals surface area (Å²) in [5.74, 6) is -0.1000. The molecule has 0 unspecified atom stereocenters. The van der Waals surface area contributed by atoms with Crippen LogP contribution in [0.3, 0.4) is 0 Å². The second kappa shape index (κ2) is 11.7. The molecule has 0 aliphatic carbocycles. The van der Waals surface area contributed by atoms with Crippen LogP contribution < -0.4 is 69.5 Å². The van der Waals surface area contributed by atoms with Crippen LogP contribution in [0, 0.1) is 0 Å². The van der Waals surface area contributed by atoms with Gasteiger partial charge >= 0.3 is 57.4 Å². The monoisotopic (exact) mass is 223 g/mol. The number of nitrogens with two attached hydrogens (primary N) is 1. The maximum absolute atomic E-state index is 10.1. The van der Waals surface area contributed by atoms with E-state index >= 15 is 0 Å². The number of halogens is 1. The Bertz CT molecular complexity index is 106. The molecule has 0 saturated carbocycles. The number of carboxylic acid groups (broad SMARTS) is 1. The Morgan fingerprint density at radius 3 is 2.45 bits per heavy atom. The minimum atomic E-state index is -0.913. The molecule has 0 aromatic carbocycles. The van der Waals surface area contributed by atoms with E-state index in [-0.39, 0.29) is 63.8 Å². The first-order chi connectivity index (χ1) is 4.18. The van der Waals surface area contributed by atoms with E-state index in [2.05, 4.69) is 0 Å². The van der Waals surface area contributed by atoms with Crippen LogP contribution in [-0.4, -0.2) is 29.1 Å². The minimum Gasteiger partial charge on any atom is -1.00 e. The first-order valence-electron chi connectivity index (χ1n) is 2.65. The Morgan fingerprint density at radius 1 is 1.73 bits per heavy atom. The maximum atomic E-state index is 10.1. The third-order valence-corrected chi connectivity index (χ3v) is 1.59. The van der Waals surface area contributed by atoms with Gasteiger partial charge in [0.15, 0.2) is 0 Å². The quantitative estimate of drug-likeness (QED) is 0.467. The fourth-order valence-corrected chi connectivity index (χ4v) is 0.858. The van der Waals surface area contributed by atoms with Crippen molar-refractivity contribution in [1.29, 1.82) is 0 Å². The van der Waals surface area contributed by atoms with E-state index in [1.807, 2.05) is 6.26 Å². The Morgan fingerprint density at radius 2 is 2.18 bits per heavy atom. The molecule has 0 amide bonds. The van der Waals surface area contributed by atoms with Gasteiger partial charge in [-0.25, -0.2) is 0 Å². The molecule has 1 atom stereocenters. The van der Waals surface area contributed by atoms with Gasteiger partial charge in [0, 0.05) is 0 Å². The van der Waals surface area contributed by atoms with Gasteiger partial charge in [-0.05, 0) is 18.4 Å². The molecule has 6 heteroatoms. The summed E-state index contributed by atoms with van der Waals surface area (Å²) in [6, 6.07) is -0.683. The van der Waals surface area contributed by atoms with Gasteiger partial charge in [-0.2, -0.15) is 11.8 Å². The van der Waals surface area contributed by atoms with Gasteiger partial charge in [0.2, 0.25) is 0 Å². The molecule has 62 valence electrons. The van der Waals surface area contributed by atoms with Gasteiger partial charge < -0.3 is 23.2 Å². The number of hydrogen-bond donors (Lipinski definition) is 2. The molecule has 0 aromatic heterocycles. The van der Waals surface area contributed by atoms with E-state index in [4.69, 9.17) is 10.8 Å². The molecule has 0 heterocycles. The van der Waals surface area contributed by atoms with E-state index < -0.39 is 12.0 Å². The number of aliphatic carboxylic acids is 1. The first-order valence-corrected chi connectivity index (χ1v) is 4.05. The molecule has 3 nitrogen and oxygen atoms in total. The number of hydrogen-bond acceptors (Lipinski definition) is 3. The van der Waals surface area contributed by atoms with Crippen LogP contribution in [0.15, 0.2) is 0 Å². The number of thioether (sulfide) groups is 1. The Kier molecular flexibility index (Phi) is 19.7. The second-order valence-corrected chi connectivity index (χ2v) is 2.71. The van der Waals surface area contributed by atoms with Gasteiger partial charge in [0.05, 0.1) is 0 Å². The molecule has 0 bridgehead atoms. The number of carboxylic acids is 1. The summed E-state index contributed by atoms with van der Waals surface area (Å²) in [6.45, 7) is 0. The summed E-state index contributed by atoms with van der Waals surface area (Å²) in [4.78, 5) is 10.1. The van der Waals surface area contributed by atoms with E-state index in [1.54, 1.807) is 11.8 Å². The summed E-state index contributed by atoms with van der Waals surface area (Å²) in [7, 11) is 0. The standard InChI is InChI=1S/C5H11NO2S.ClH.K/c1-9-3-2-4(6)5(7)8;;/h4H,2-3,6H2,1H3,(H,7,8);1H;/q;;+1/p-1/t4-;;/m0../s1.